The third-order valence-electron chi connectivity index (χ3n) is 3.05. The Balaban J connectivity index is 2.42. The maximum Gasteiger partial charge on any atom is 0.138 e. The van der Waals surface area contributed by atoms with Crippen molar-refractivity contribution in [3.63, 3.8) is 0 Å². The van der Waals surface area contributed by atoms with E-state index in [1.54, 1.807) is 6.20 Å². The Labute approximate surface area is 114 Å². The average Bonchev–Trinajstić information content (AvgIpc) is 2.87. The quantitative estimate of drug-likeness (QED) is 0.867. The number of aliphatic hydroxyl groups is 1. The second kappa shape index (κ2) is 6.48. The van der Waals surface area contributed by atoms with Crippen molar-refractivity contribution in [2.45, 2.75) is 46.1 Å². The summed E-state index contributed by atoms with van der Waals surface area (Å²) in [7, 11) is 0. The Morgan fingerprint density at radius 1 is 1.16 bits per heavy atom. The van der Waals surface area contributed by atoms with Crippen molar-refractivity contribution in [2.24, 2.45) is 0 Å². The summed E-state index contributed by atoms with van der Waals surface area (Å²) in [6, 6.07) is 3.91. The highest BCUT2D eigenvalue weighted by Gasteiger charge is 2.08. The van der Waals surface area contributed by atoms with Crippen LogP contribution in [-0.2, 0) is 19.4 Å². The van der Waals surface area contributed by atoms with E-state index in [1.165, 1.54) is 0 Å². The number of hydrogen-bond donors (Lipinski definition) is 1. The van der Waals surface area contributed by atoms with E-state index in [1.807, 2.05) is 22.9 Å². The minimum absolute atomic E-state index is 0.0457. The molecule has 0 saturated heterocycles. The predicted molar refractivity (Wildman–Crippen MR) is 75.3 cm³/mol. The molecular weight excluding hydrogens is 238 g/mol. The minimum Gasteiger partial charge on any atom is -0.392 e. The van der Waals surface area contributed by atoms with Gasteiger partial charge >= 0.3 is 0 Å². The molecule has 0 radical (unpaired) electrons. The third-order valence-corrected chi connectivity index (χ3v) is 3.05. The molecule has 0 atom stereocenters. The Morgan fingerprint density at radius 2 is 1.95 bits per heavy atom. The van der Waals surface area contributed by atoms with Crippen molar-refractivity contribution in [3.8, 4) is 5.82 Å². The van der Waals surface area contributed by atoms with Crippen LogP contribution < -0.4 is 0 Å². The first-order valence-electron chi connectivity index (χ1n) is 6.91. The molecule has 2 aromatic rings. The van der Waals surface area contributed by atoms with Gasteiger partial charge in [0.15, 0.2) is 0 Å². The van der Waals surface area contributed by atoms with Crippen molar-refractivity contribution in [2.75, 3.05) is 0 Å². The van der Waals surface area contributed by atoms with Gasteiger partial charge in [-0.25, -0.2) is 9.97 Å². The van der Waals surface area contributed by atoms with Gasteiger partial charge in [0.25, 0.3) is 0 Å². The molecule has 2 rings (SSSR count). The Morgan fingerprint density at radius 3 is 2.63 bits per heavy atom. The first-order valence-corrected chi connectivity index (χ1v) is 6.91. The number of nitrogens with zero attached hydrogens (tertiary/aromatic N) is 3. The number of aliphatic hydroxyl groups excluding tert-OH is 1. The Hall–Kier alpha value is -1.68. The fourth-order valence-corrected chi connectivity index (χ4v) is 2.18. The molecule has 0 aromatic carbocycles. The summed E-state index contributed by atoms with van der Waals surface area (Å²) in [6.07, 6.45) is 7.70. The maximum atomic E-state index is 9.37. The number of pyridine rings is 1. The number of hydrogen-bond acceptors (Lipinski definition) is 3. The zero-order chi connectivity index (χ0) is 13.7. The molecule has 0 fully saturated rings. The van der Waals surface area contributed by atoms with Gasteiger partial charge in [0.1, 0.15) is 11.6 Å². The summed E-state index contributed by atoms with van der Waals surface area (Å²) in [6.45, 7) is 4.32. The summed E-state index contributed by atoms with van der Waals surface area (Å²) >= 11 is 0. The van der Waals surface area contributed by atoms with E-state index in [0.29, 0.717) is 0 Å². The van der Waals surface area contributed by atoms with Crippen LogP contribution in [0.5, 0.6) is 0 Å². The topological polar surface area (TPSA) is 50.9 Å². The molecule has 0 saturated carbocycles. The molecule has 19 heavy (non-hydrogen) atoms. The molecule has 0 bridgehead atoms. The highest BCUT2D eigenvalue weighted by Crippen LogP contribution is 2.15. The second-order valence-corrected chi connectivity index (χ2v) is 4.70. The fraction of sp³-hybridized carbons (Fsp3) is 0.467. The molecule has 102 valence electrons. The van der Waals surface area contributed by atoms with Crippen molar-refractivity contribution in [3.05, 3.63) is 41.6 Å². The van der Waals surface area contributed by atoms with E-state index in [9.17, 15) is 5.11 Å². The molecule has 0 spiro atoms. The summed E-state index contributed by atoms with van der Waals surface area (Å²) in [5.41, 5.74) is 1.93. The van der Waals surface area contributed by atoms with Crippen LogP contribution in [0.1, 0.15) is 43.8 Å². The second-order valence-electron chi connectivity index (χ2n) is 4.70. The van der Waals surface area contributed by atoms with Gasteiger partial charge < -0.3 is 5.11 Å². The number of aryl methyl sites for hydroxylation is 2. The van der Waals surface area contributed by atoms with E-state index in [-0.39, 0.29) is 6.61 Å². The lowest BCUT2D eigenvalue weighted by atomic mass is 10.1. The predicted octanol–water partition coefficient (Wildman–Crippen LogP) is 2.66. The SMILES string of the molecule is CCCc1cc(CO)cc(-n2ccnc2CCC)n1. The lowest BCUT2D eigenvalue weighted by Crippen LogP contribution is -2.05. The zero-order valence-electron chi connectivity index (χ0n) is 11.6. The number of aromatic nitrogens is 3. The molecule has 0 unspecified atom stereocenters. The first kappa shape index (κ1) is 13.7. The number of imidazole rings is 1. The highest BCUT2D eigenvalue weighted by molar-refractivity contribution is 5.32. The summed E-state index contributed by atoms with van der Waals surface area (Å²) in [4.78, 5) is 9.04. The average molecular weight is 259 g/mol. The van der Waals surface area contributed by atoms with Gasteiger partial charge in [0.2, 0.25) is 0 Å². The van der Waals surface area contributed by atoms with Crippen LogP contribution in [0.3, 0.4) is 0 Å². The lowest BCUT2D eigenvalue weighted by Gasteiger charge is -2.10. The van der Waals surface area contributed by atoms with Crippen molar-refractivity contribution in [1.82, 2.24) is 14.5 Å². The van der Waals surface area contributed by atoms with Crippen LogP contribution in [0.15, 0.2) is 24.5 Å². The van der Waals surface area contributed by atoms with Crippen LogP contribution in [0.2, 0.25) is 0 Å². The summed E-state index contributed by atoms with van der Waals surface area (Å²) in [5, 5.41) is 9.37. The molecule has 4 nitrogen and oxygen atoms in total. The smallest absolute Gasteiger partial charge is 0.138 e. The first-order chi connectivity index (χ1) is 9.28. The van der Waals surface area contributed by atoms with Gasteiger partial charge in [-0.1, -0.05) is 20.3 Å². The normalized spacial score (nSPS) is 10.9. The zero-order valence-corrected chi connectivity index (χ0v) is 11.6. The fourth-order valence-electron chi connectivity index (χ4n) is 2.18. The summed E-state index contributed by atoms with van der Waals surface area (Å²) in [5.74, 6) is 1.88. The maximum absolute atomic E-state index is 9.37. The largest absolute Gasteiger partial charge is 0.392 e. The standard InChI is InChI=1S/C15H21N3O/c1-3-5-13-9-12(11-19)10-15(17-13)18-8-7-16-14(18)6-4-2/h7-10,19H,3-6,11H2,1-2H3. The van der Waals surface area contributed by atoms with Crippen molar-refractivity contribution in [1.29, 1.82) is 0 Å². The van der Waals surface area contributed by atoms with Gasteiger partial charge in [0.05, 0.1) is 6.61 Å². The monoisotopic (exact) mass is 259 g/mol. The third kappa shape index (κ3) is 3.20. The van der Waals surface area contributed by atoms with Crippen LogP contribution in [-0.4, -0.2) is 19.6 Å². The van der Waals surface area contributed by atoms with Crippen molar-refractivity contribution >= 4 is 0 Å². The van der Waals surface area contributed by atoms with E-state index < -0.39 is 0 Å². The van der Waals surface area contributed by atoms with E-state index >= 15 is 0 Å². The molecule has 2 aromatic heterocycles. The Bertz CT molecular complexity index is 534. The molecule has 0 amide bonds. The molecular formula is C15H21N3O. The molecule has 1 N–H and O–H groups in total. The lowest BCUT2D eigenvalue weighted by molar-refractivity contribution is 0.281. The number of rotatable bonds is 6. The van der Waals surface area contributed by atoms with Crippen LogP contribution >= 0.6 is 0 Å². The van der Waals surface area contributed by atoms with Gasteiger partial charge in [-0.2, -0.15) is 0 Å². The van der Waals surface area contributed by atoms with E-state index in [4.69, 9.17) is 0 Å². The van der Waals surface area contributed by atoms with Gasteiger partial charge in [-0.3, -0.25) is 4.57 Å². The van der Waals surface area contributed by atoms with Crippen molar-refractivity contribution < 1.29 is 5.11 Å². The van der Waals surface area contributed by atoms with Crippen LogP contribution in [0, 0.1) is 0 Å². The van der Waals surface area contributed by atoms with Crippen LogP contribution in [0.25, 0.3) is 5.82 Å². The van der Waals surface area contributed by atoms with Gasteiger partial charge in [-0.15, -0.1) is 0 Å². The Kier molecular flexibility index (Phi) is 4.68. The molecule has 4 heteroatoms. The van der Waals surface area contributed by atoms with Gasteiger partial charge in [0, 0.05) is 24.5 Å². The summed E-state index contributed by atoms with van der Waals surface area (Å²) < 4.78 is 2.02. The molecule has 0 aliphatic carbocycles. The molecule has 0 aliphatic rings. The minimum atomic E-state index is 0.0457. The highest BCUT2D eigenvalue weighted by atomic mass is 16.3. The van der Waals surface area contributed by atoms with Gasteiger partial charge in [-0.05, 0) is 30.5 Å². The van der Waals surface area contributed by atoms with E-state index in [2.05, 4.69) is 23.8 Å². The molecule has 2 heterocycles. The van der Waals surface area contributed by atoms with Crippen LogP contribution in [0.4, 0.5) is 0 Å². The molecule has 0 aliphatic heterocycles. The van der Waals surface area contributed by atoms with E-state index in [0.717, 1.165) is 48.6 Å².